The van der Waals surface area contributed by atoms with Gasteiger partial charge in [0, 0.05) is 46.4 Å². The van der Waals surface area contributed by atoms with Crippen LogP contribution in [0.25, 0.3) is 39.3 Å². The number of unbranched alkanes of at least 4 members (excludes halogenated alkanes) is 2. The van der Waals surface area contributed by atoms with E-state index in [0.29, 0.717) is 29.7 Å². The van der Waals surface area contributed by atoms with E-state index in [1.54, 1.807) is 0 Å². The second kappa shape index (κ2) is 18.7. The molecule has 6 nitrogen and oxygen atoms in total. The normalized spacial score (nSPS) is 20.6. The van der Waals surface area contributed by atoms with E-state index in [-0.39, 0.29) is 17.9 Å². The third-order valence-electron chi connectivity index (χ3n) is 12.7. The summed E-state index contributed by atoms with van der Waals surface area (Å²) >= 11 is 0. The third kappa shape index (κ3) is 9.29. The summed E-state index contributed by atoms with van der Waals surface area (Å²) in [4.78, 5) is 15.5. The predicted octanol–water partition coefficient (Wildman–Crippen LogP) is 13.4. The number of hydrogen-bond acceptors (Lipinski definition) is 6. The van der Waals surface area contributed by atoms with Crippen LogP contribution in [0.1, 0.15) is 126 Å². The molecular formula is C53H60N4O2. The minimum atomic E-state index is -0.0245. The van der Waals surface area contributed by atoms with Gasteiger partial charge in [-0.05, 0) is 105 Å². The van der Waals surface area contributed by atoms with Gasteiger partial charge in [0.2, 0.25) is 0 Å². The monoisotopic (exact) mass is 784 g/mol. The zero-order valence-electron chi connectivity index (χ0n) is 35.2. The number of benzene rings is 3. The Labute approximate surface area is 350 Å². The molecule has 0 amide bonds. The lowest BCUT2D eigenvalue weighted by molar-refractivity contribution is 0.401. The highest BCUT2D eigenvalue weighted by atomic mass is 16.3. The number of aliphatic hydroxyl groups excluding tert-OH is 1. The summed E-state index contributed by atoms with van der Waals surface area (Å²) in [5.74, 6) is 4.50. The molecule has 3 aliphatic carbocycles. The molecule has 4 atom stereocenters. The van der Waals surface area contributed by atoms with Crippen LogP contribution in [0.2, 0.25) is 0 Å². The minimum absolute atomic E-state index is 0.0245. The van der Waals surface area contributed by atoms with Gasteiger partial charge in [0.05, 0.1) is 0 Å². The maximum absolute atomic E-state index is 10.8. The molecule has 3 N–H and O–H groups in total. The highest BCUT2D eigenvalue weighted by Crippen LogP contribution is 2.44. The van der Waals surface area contributed by atoms with Gasteiger partial charge in [-0.1, -0.05) is 136 Å². The van der Waals surface area contributed by atoms with Crippen molar-refractivity contribution in [1.82, 2.24) is 15.0 Å². The van der Waals surface area contributed by atoms with Gasteiger partial charge < -0.3 is 15.3 Å². The van der Waals surface area contributed by atoms with E-state index >= 15 is 0 Å². The van der Waals surface area contributed by atoms with Gasteiger partial charge in [-0.15, -0.1) is 0 Å². The third-order valence-corrected chi connectivity index (χ3v) is 12.7. The van der Waals surface area contributed by atoms with Crippen LogP contribution in [-0.2, 0) is 12.8 Å². The van der Waals surface area contributed by atoms with Crippen LogP contribution in [0, 0.1) is 11.8 Å². The first-order chi connectivity index (χ1) is 28.9. The van der Waals surface area contributed by atoms with Crippen LogP contribution in [-0.4, -0.2) is 26.1 Å². The Bertz CT molecular complexity index is 2400. The van der Waals surface area contributed by atoms with Gasteiger partial charge in [-0.2, -0.15) is 0 Å². The Morgan fingerprint density at radius 2 is 1.66 bits per heavy atom. The fourth-order valence-electron chi connectivity index (χ4n) is 9.28. The molecule has 2 heterocycles. The topological polar surface area (TPSA) is 98.1 Å². The van der Waals surface area contributed by atoms with Crippen LogP contribution >= 0.6 is 0 Å². The van der Waals surface area contributed by atoms with E-state index in [2.05, 4.69) is 124 Å². The standard InChI is InChI=1S/C53H60N4O2/c1-4-6-14-36-24-30-46(54)42(34-36)32-35(3)38-26-28-40(29-27-38)52-55-49(23-11-18-41-33-37(15-7-5-2)25-31-47(41)58)56-53(57-52)45-21-13-22-48-50(45)44-20-12-19-43(51(44)59-48)39-16-9-8-10-17-39/h8-10,13,16-17,21-22,24-32,34,37,42-43,46,58H,4-7,11-12,14-15,18-20,23,33,54H2,1-3H3/b35-32+. The van der Waals surface area contributed by atoms with E-state index in [1.807, 2.05) is 6.08 Å². The molecule has 0 aliphatic heterocycles. The van der Waals surface area contributed by atoms with Crippen molar-refractivity contribution in [3.63, 3.8) is 0 Å². The lowest BCUT2D eigenvalue weighted by Crippen LogP contribution is -2.27. The molecule has 3 aliphatic rings. The van der Waals surface area contributed by atoms with Crippen molar-refractivity contribution >= 4 is 16.5 Å². The Kier molecular flexibility index (Phi) is 12.8. The van der Waals surface area contributed by atoms with Crippen molar-refractivity contribution in [2.75, 3.05) is 0 Å². The minimum Gasteiger partial charge on any atom is -0.508 e. The Morgan fingerprint density at radius 1 is 0.847 bits per heavy atom. The van der Waals surface area contributed by atoms with Gasteiger partial charge in [0.15, 0.2) is 11.6 Å². The maximum atomic E-state index is 10.8. The van der Waals surface area contributed by atoms with Gasteiger partial charge in [0.1, 0.15) is 22.9 Å². The number of furan rings is 1. The van der Waals surface area contributed by atoms with Crippen LogP contribution in [0.15, 0.2) is 131 Å². The van der Waals surface area contributed by atoms with Crippen molar-refractivity contribution in [3.8, 4) is 22.8 Å². The Balaban J connectivity index is 1.12. The summed E-state index contributed by atoms with van der Waals surface area (Å²) < 4.78 is 6.73. The van der Waals surface area contributed by atoms with Gasteiger partial charge >= 0.3 is 0 Å². The molecular weight excluding hydrogens is 725 g/mol. The van der Waals surface area contributed by atoms with Crippen LogP contribution < -0.4 is 5.73 Å². The summed E-state index contributed by atoms with van der Waals surface area (Å²) in [6, 6.07) is 25.6. The predicted molar refractivity (Wildman–Crippen MR) is 243 cm³/mol. The molecule has 8 rings (SSSR count). The molecule has 0 spiro atoms. The molecule has 2 aromatic heterocycles. The molecule has 304 valence electrons. The maximum Gasteiger partial charge on any atom is 0.164 e. The average molecular weight is 785 g/mol. The molecule has 0 bridgehead atoms. The summed E-state index contributed by atoms with van der Waals surface area (Å²) in [5.41, 5.74) is 16.8. The van der Waals surface area contributed by atoms with E-state index in [1.165, 1.54) is 48.0 Å². The zero-order chi connectivity index (χ0) is 40.7. The molecule has 59 heavy (non-hydrogen) atoms. The SMILES string of the molecule is CCCCC1=CC(/C=C(\C)c2ccc(-c3nc(CCCC4=C(O)C=CC(CCCC)C4)nc(-c4cccc5oc6c(c45)CCCC6c4ccccc4)n3)cc2)C(N)C=C1. The highest BCUT2D eigenvalue weighted by molar-refractivity contribution is 5.96. The van der Waals surface area contributed by atoms with Crippen LogP contribution in [0.5, 0.6) is 0 Å². The van der Waals surface area contributed by atoms with E-state index < -0.39 is 0 Å². The summed E-state index contributed by atoms with van der Waals surface area (Å²) in [6.07, 6.45) is 26.5. The van der Waals surface area contributed by atoms with Crippen molar-refractivity contribution in [1.29, 1.82) is 0 Å². The smallest absolute Gasteiger partial charge is 0.164 e. The second-order valence-electron chi connectivity index (χ2n) is 17.0. The van der Waals surface area contributed by atoms with Crippen molar-refractivity contribution < 1.29 is 9.52 Å². The largest absolute Gasteiger partial charge is 0.508 e. The van der Waals surface area contributed by atoms with Crippen molar-refractivity contribution in [3.05, 3.63) is 154 Å². The first kappa shape index (κ1) is 40.4. The van der Waals surface area contributed by atoms with Crippen molar-refractivity contribution in [2.24, 2.45) is 17.6 Å². The van der Waals surface area contributed by atoms with Gasteiger partial charge in [-0.25, -0.2) is 15.0 Å². The van der Waals surface area contributed by atoms with Crippen LogP contribution in [0.4, 0.5) is 0 Å². The number of aromatic nitrogens is 3. The molecule has 5 aromatic rings. The molecule has 0 fully saturated rings. The number of nitrogens with two attached hydrogens (primary N) is 1. The summed E-state index contributed by atoms with van der Waals surface area (Å²) in [6.45, 7) is 6.65. The number of rotatable bonds is 15. The fraction of sp³-hybridized carbons (Fsp3) is 0.377. The Morgan fingerprint density at radius 3 is 2.47 bits per heavy atom. The average Bonchev–Trinajstić information content (AvgIpc) is 3.66. The molecule has 4 unspecified atom stereocenters. The number of allylic oxidation sites excluding steroid dienone is 6. The number of aliphatic hydroxyl groups is 1. The fourth-order valence-corrected chi connectivity index (χ4v) is 9.28. The molecule has 6 heteroatoms. The lowest BCUT2D eigenvalue weighted by atomic mass is 9.82. The molecule has 0 saturated carbocycles. The van der Waals surface area contributed by atoms with E-state index in [4.69, 9.17) is 25.1 Å². The molecule has 0 radical (unpaired) electrons. The lowest BCUT2D eigenvalue weighted by Gasteiger charge is -2.21. The number of fused-ring (bicyclic) bond motifs is 3. The number of aryl methyl sites for hydroxylation is 2. The highest BCUT2D eigenvalue weighted by Gasteiger charge is 2.30. The van der Waals surface area contributed by atoms with Crippen molar-refractivity contribution in [2.45, 2.75) is 116 Å². The van der Waals surface area contributed by atoms with Crippen LogP contribution in [0.3, 0.4) is 0 Å². The molecule has 3 aromatic carbocycles. The summed E-state index contributed by atoms with van der Waals surface area (Å²) in [7, 11) is 0. The second-order valence-corrected chi connectivity index (χ2v) is 17.0. The van der Waals surface area contributed by atoms with Gasteiger partial charge in [-0.3, -0.25) is 0 Å². The Hall–Kier alpha value is -5.33. The summed E-state index contributed by atoms with van der Waals surface area (Å²) in [5, 5.41) is 11.9. The molecule has 0 saturated heterocycles. The quantitative estimate of drug-likeness (QED) is 0.110. The first-order valence-electron chi connectivity index (χ1n) is 22.3. The number of nitrogens with zero attached hydrogens (tertiary/aromatic N) is 3. The zero-order valence-corrected chi connectivity index (χ0v) is 35.2. The van der Waals surface area contributed by atoms with E-state index in [9.17, 15) is 5.11 Å². The van der Waals surface area contributed by atoms with E-state index in [0.717, 1.165) is 96.2 Å². The number of hydrogen-bond donors (Lipinski definition) is 2. The van der Waals surface area contributed by atoms with Gasteiger partial charge in [0.25, 0.3) is 0 Å². The first-order valence-corrected chi connectivity index (χ1v) is 22.3.